The van der Waals surface area contributed by atoms with Crippen molar-refractivity contribution < 1.29 is 9.53 Å². The maximum atomic E-state index is 11.7. The van der Waals surface area contributed by atoms with Gasteiger partial charge < -0.3 is 9.30 Å². The molecule has 0 amide bonds. The highest BCUT2D eigenvalue weighted by Crippen LogP contribution is 2.19. The number of piperidine rings is 1. The highest BCUT2D eigenvalue weighted by molar-refractivity contribution is 5.72. The molecule has 0 aliphatic carbocycles. The van der Waals surface area contributed by atoms with E-state index >= 15 is 0 Å². The van der Waals surface area contributed by atoms with Crippen molar-refractivity contribution in [2.45, 2.75) is 26.3 Å². The maximum Gasteiger partial charge on any atom is 0.310 e. The third-order valence-electron chi connectivity index (χ3n) is 3.41. The smallest absolute Gasteiger partial charge is 0.310 e. The largest absolute Gasteiger partial charge is 0.466 e. The summed E-state index contributed by atoms with van der Waals surface area (Å²) in [6.45, 7) is 4.94. The van der Waals surface area contributed by atoms with Crippen LogP contribution in [0.4, 0.5) is 0 Å². The van der Waals surface area contributed by atoms with Crippen LogP contribution in [0.1, 0.15) is 25.6 Å². The number of likely N-dealkylation sites (tertiary alicyclic amines) is 1. The molecule has 0 radical (unpaired) electrons. The second-order valence-electron chi connectivity index (χ2n) is 4.78. The summed E-state index contributed by atoms with van der Waals surface area (Å²) < 4.78 is 7.12. The quantitative estimate of drug-likeness (QED) is 0.754. The SMILES string of the molecule is CCOC(=O)[C@@H]1CCCN(Cc2nccn2C)C1. The Bertz CT molecular complexity index is 403. The van der Waals surface area contributed by atoms with E-state index in [1.807, 2.05) is 30.9 Å². The lowest BCUT2D eigenvalue weighted by Gasteiger charge is -2.31. The lowest BCUT2D eigenvalue weighted by atomic mass is 9.98. The van der Waals surface area contributed by atoms with Crippen molar-refractivity contribution in [1.82, 2.24) is 14.5 Å². The first-order chi connectivity index (χ1) is 8.70. The second kappa shape index (κ2) is 6.00. The van der Waals surface area contributed by atoms with E-state index in [-0.39, 0.29) is 11.9 Å². The van der Waals surface area contributed by atoms with Crippen molar-refractivity contribution in [3.05, 3.63) is 18.2 Å². The predicted octanol–water partition coefficient (Wildman–Crippen LogP) is 1.20. The Hall–Kier alpha value is -1.36. The molecule has 5 heteroatoms. The van der Waals surface area contributed by atoms with Crippen LogP contribution >= 0.6 is 0 Å². The van der Waals surface area contributed by atoms with Gasteiger partial charge >= 0.3 is 5.97 Å². The van der Waals surface area contributed by atoms with E-state index in [0.717, 1.165) is 38.3 Å². The Morgan fingerprint density at radius 3 is 3.11 bits per heavy atom. The van der Waals surface area contributed by atoms with Gasteiger partial charge in [0.05, 0.1) is 19.1 Å². The van der Waals surface area contributed by atoms with Gasteiger partial charge in [-0.2, -0.15) is 0 Å². The molecular formula is C13H21N3O2. The van der Waals surface area contributed by atoms with Crippen LogP contribution in [-0.2, 0) is 23.1 Å². The minimum Gasteiger partial charge on any atom is -0.466 e. The molecule has 2 heterocycles. The molecule has 0 bridgehead atoms. The van der Waals surface area contributed by atoms with Gasteiger partial charge in [0.15, 0.2) is 0 Å². The molecule has 18 heavy (non-hydrogen) atoms. The minimum absolute atomic E-state index is 0.0268. The van der Waals surface area contributed by atoms with Crippen molar-refractivity contribution in [3.63, 3.8) is 0 Å². The highest BCUT2D eigenvalue weighted by Gasteiger charge is 2.27. The molecule has 0 N–H and O–H groups in total. The number of carbonyl (C=O) groups is 1. The predicted molar refractivity (Wildman–Crippen MR) is 67.8 cm³/mol. The third kappa shape index (κ3) is 3.10. The zero-order valence-electron chi connectivity index (χ0n) is 11.1. The molecule has 1 saturated heterocycles. The Balaban J connectivity index is 1.91. The molecule has 0 saturated carbocycles. The summed E-state index contributed by atoms with van der Waals surface area (Å²) in [6.07, 6.45) is 5.74. The molecule has 1 aliphatic heterocycles. The number of nitrogens with zero attached hydrogens (tertiary/aromatic N) is 3. The van der Waals surface area contributed by atoms with E-state index in [1.54, 1.807) is 0 Å². The summed E-state index contributed by atoms with van der Waals surface area (Å²) in [7, 11) is 2.00. The summed E-state index contributed by atoms with van der Waals surface area (Å²) in [5, 5.41) is 0. The number of rotatable bonds is 4. The van der Waals surface area contributed by atoms with Gasteiger partial charge in [-0.15, -0.1) is 0 Å². The van der Waals surface area contributed by atoms with Crippen molar-refractivity contribution in [2.24, 2.45) is 13.0 Å². The third-order valence-corrected chi connectivity index (χ3v) is 3.41. The van der Waals surface area contributed by atoms with E-state index in [9.17, 15) is 4.79 Å². The van der Waals surface area contributed by atoms with Gasteiger partial charge in [-0.1, -0.05) is 0 Å². The van der Waals surface area contributed by atoms with E-state index in [2.05, 4.69) is 9.88 Å². The van der Waals surface area contributed by atoms with Gasteiger partial charge in [0.2, 0.25) is 0 Å². The molecule has 100 valence electrons. The molecule has 0 unspecified atom stereocenters. The number of carbonyl (C=O) groups excluding carboxylic acids is 1. The highest BCUT2D eigenvalue weighted by atomic mass is 16.5. The molecule has 0 spiro atoms. The Morgan fingerprint density at radius 2 is 2.44 bits per heavy atom. The fraction of sp³-hybridized carbons (Fsp3) is 0.692. The fourth-order valence-corrected chi connectivity index (χ4v) is 2.40. The first-order valence-electron chi connectivity index (χ1n) is 6.56. The molecule has 1 aromatic heterocycles. The van der Waals surface area contributed by atoms with Crippen molar-refractivity contribution in [1.29, 1.82) is 0 Å². The van der Waals surface area contributed by atoms with Crippen molar-refractivity contribution in [2.75, 3.05) is 19.7 Å². The standard InChI is InChI=1S/C13H21N3O2/c1-3-18-13(17)11-5-4-7-16(9-11)10-12-14-6-8-15(12)2/h6,8,11H,3-5,7,9-10H2,1-2H3/t11-/m1/s1. The van der Waals surface area contributed by atoms with Gasteiger partial charge in [-0.3, -0.25) is 9.69 Å². The van der Waals surface area contributed by atoms with Crippen LogP contribution in [0.3, 0.4) is 0 Å². The van der Waals surface area contributed by atoms with Gasteiger partial charge in [0.25, 0.3) is 0 Å². The van der Waals surface area contributed by atoms with Gasteiger partial charge in [-0.05, 0) is 26.3 Å². The number of esters is 1. The number of imidazole rings is 1. The van der Waals surface area contributed by atoms with Crippen molar-refractivity contribution >= 4 is 5.97 Å². The monoisotopic (exact) mass is 251 g/mol. The van der Waals surface area contributed by atoms with Crippen LogP contribution < -0.4 is 0 Å². The topological polar surface area (TPSA) is 47.4 Å². The van der Waals surface area contributed by atoms with Crippen LogP contribution in [0.25, 0.3) is 0 Å². The number of hydrogen-bond acceptors (Lipinski definition) is 4. The van der Waals surface area contributed by atoms with E-state index in [1.165, 1.54) is 0 Å². The minimum atomic E-state index is -0.0537. The van der Waals surface area contributed by atoms with E-state index in [0.29, 0.717) is 6.61 Å². The summed E-state index contributed by atoms with van der Waals surface area (Å²) in [4.78, 5) is 18.3. The Morgan fingerprint density at radius 1 is 1.61 bits per heavy atom. The Labute approximate surface area is 108 Å². The zero-order chi connectivity index (χ0) is 13.0. The number of ether oxygens (including phenoxy) is 1. The second-order valence-corrected chi connectivity index (χ2v) is 4.78. The number of aromatic nitrogens is 2. The van der Waals surface area contributed by atoms with Gasteiger partial charge in [0, 0.05) is 26.0 Å². The molecule has 2 rings (SSSR count). The summed E-state index contributed by atoms with van der Waals surface area (Å²) >= 11 is 0. The van der Waals surface area contributed by atoms with E-state index in [4.69, 9.17) is 4.74 Å². The summed E-state index contributed by atoms with van der Waals surface area (Å²) in [5.74, 6) is 1.01. The first kappa shape index (κ1) is 13.1. The van der Waals surface area contributed by atoms with Crippen LogP contribution in [0.5, 0.6) is 0 Å². The molecular weight excluding hydrogens is 230 g/mol. The lowest BCUT2D eigenvalue weighted by molar-refractivity contribution is -0.150. The van der Waals surface area contributed by atoms with Crippen LogP contribution in [0.15, 0.2) is 12.4 Å². The average molecular weight is 251 g/mol. The molecule has 1 aromatic rings. The number of hydrogen-bond donors (Lipinski definition) is 0. The molecule has 1 fully saturated rings. The van der Waals surface area contributed by atoms with Crippen LogP contribution in [-0.4, -0.2) is 40.1 Å². The van der Waals surface area contributed by atoms with Crippen molar-refractivity contribution in [3.8, 4) is 0 Å². The Kier molecular flexibility index (Phi) is 4.36. The molecule has 5 nitrogen and oxygen atoms in total. The molecule has 1 atom stereocenters. The van der Waals surface area contributed by atoms with Crippen LogP contribution in [0, 0.1) is 5.92 Å². The van der Waals surface area contributed by atoms with E-state index < -0.39 is 0 Å². The molecule has 1 aliphatic rings. The maximum absolute atomic E-state index is 11.7. The summed E-state index contributed by atoms with van der Waals surface area (Å²) in [6, 6.07) is 0. The normalized spacial score (nSPS) is 20.9. The molecule has 0 aromatic carbocycles. The van der Waals surface area contributed by atoms with Gasteiger partial charge in [0.1, 0.15) is 5.82 Å². The fourth-order valence-electron chi connectivity index (χ4n) is 2.40. The first-order valence-corrected chi connectivity index (χ1v) is 6.56. The summed E-state index contributed by atoms with van der Waals surface area (Å²) in [5.41, 5.74) is 0. The van der Waals surface area contributed by atoms with Crippen LogP contribution in [0.2, 0.25) is 0 Å². The lowest BCUT2D eigenvalue weighted by Crippen LogP contribution is -2.39. The zero-order valence-corrected chi connectivity index (χ0v) is 11.1. The van der Waals surface area contributed by atoms with Gasteiger partial charge in [-0.25, -0.2) is 4.98 Å². The number of aryl methyl sites for hydroxylation is 1. The average Bonchev–Trinajstić information content (AvgIpc) is 2.76.